The molecular formula is C16H16N4O2. The van der Waals surface area contributed by atoms with Crippen LogP contribution in [0.4, 0.5) is 5.69 Å². The molecule has 2 aromatic rings. The van der Waals surface area contributed by atoms with Gasteiger partial charge in [0, 0.05) is 31.5 Å². The summed E-state index contributed by atoms with van der Waals surface area (Å²) in [5, 5.41) is 8.89. The molecule has 0 radical (unpaired) electrons. The van der Waals surface area contributed by atoms with Gasteiger partial charge in [0.15, 0.2) is 0 Å². The van der Waals surface area contributed by atoms with Gasteiger partial charge in [-0.15, -0.1) is 0 Å². The lowest BCUT2D eigenvalue weighted by Crippen LogP contribution is -2.33. The maximum Gasteiger partial charge on any atom is 0.328 e. The van der Waals surface area contributed by atoms with Crippen LogP contribution in [0.3, 0.4) is 0 Å². The van der Waals surface area contributed by atoms with Crippen LogP contribution in [0.5, 0.6) is 0 Å². The molecule has 1 atom stereocenters. The molecule has 0 aliphatic carbocycles. The van der Waals surface area contributed by atoms with Crippen LogP contribution < -0.4 is 16.1 Å². The number of hydrogen-bond donors (Lipinski definition) is 1. The first-order valence-corrected chi connectivity index (χ1v) is 7.21. The van der Waals surface area contributed by atoms with Gasteiger partial charge in [0.25, 0.3) is 5.56 Å². The first-order chi connectivity index (χ1) is 10.7. The van der Waals surface area contributed by atoms with Gasteiger partial charge in [-0.05, 0) is 24.5 Å². The monoisotopic (exact) mass is 296 g/mol. The fraction of sp³-hybridized carbons (Fsp3) is 0.312. The van der Waals surface area contributed by atoms with E-state index in [9.17, 15) is 9.59 Å². The molecule has 0 amide bonds. The van der Waals surface area contributed by atoms with Gasteiger partial charge in [-0.3, -0.25) is 14.3 Å². The van der Waals surface area contributed by atoms with Crippen LogP contribution in [0, 0.1) is 17.2 Å². The third-order valence-electron chi connectivity index (χ3n) is 3.99. The van der Waals surface area contributed by atoms with Gasteiger partial charge in [-0.2, -0.15) is 5.26 Å². The minimum atomic E-state index is -0.624. The average molecular weight is 296 g/mol. The van der Waals surface area contributed by atoms with Crippen LogP contribution in [0.15, 0.2) is 46.1 Å². The lowest BCUT2D eigenvalue weighted by atomic mass is 10.1. The zero-order chi connectivity index (χ0) is 15.5. The summed E-state index contributed by atoms with van der Waals surface area (Å²) in [5.74, 6) is 0.315. The van der Waals surface area contributed by atoms with Crippen molar-refractivity contribution in [3.8, 4) is 6.07 Å². The molecule has 0 saturated carbocycles. The Hall–Kier alpha value is -2.81. The SMILES string of the molecule is N#Cc1cn(CC2CCN(c3ccccc3)C2)c(=O)[nH]c1=O. The predicted molar refractivity (Wildman–Crippen MR) is 82.8 cm³/mol. The number of rotatable bonds is 3. The summed E-state index contributed by atoms with van der Waals surface area (Å²) in [5.41, 5.74) is 0.0669. The lowest BCUT2D eigenvalue weighted by Gasteiger charge is -2.18. The number of H-pyrrole nitrogens is 1. The zero-order valence-electron chi connectivity index (χ0n) is 12.0. The minimum Gasteiger partial charge on any atom is -0.371 e. The lowest BCUT2D eigenvalue weighted by molar-refractivity contribution is 0.468. The van der Waals surface area contributed by atoms with E-state index >= 15 is 0 Å². The van der Waals surface area contributed by atoms with E-state index in [1.54, 1.807) is 0 Å². The third kappa shape index (κ3) is 2.79. The van der Waals surface area contributed by atoms with Crippen molar-refractivity contribution >= 4 is 5.69 Å². The fourth-order valence-electron chi connectivity index (χ4n) is 2.86. The molecule has 1 aromatic carbocycles. The Morgan fingerprint density at radius 1 is 1.27 bits per heavy atom. The van der Waals surface area contributed by atoms with Gasteiger partial charge < -0.3 is 4.90 Å². The van der Waals surface area contributed by atoms with Crippen LogP contribution in [-0.4, -0.2) is 22.6 Å². The maximum atomic E-state index is 11.8. The van der Waals surface area contributed by atoms with Crippen molar-refractivity contribution in [1.82, 2.24) is 9.55 Å². The summed E-state index contributed by atoms with van der Waals surface area (Å²) >= 11 is 0. The second kappa shape index (κ2) is 5.90. The van der Waals surface area contributed by atoms with E-state index in [1.165, 1.54) is 16.5 Å². The van der Waals surface area contributed by atoms with E-state index in [2.05, 4.69) is 22.0 Å². The highest BCUT2D eigenvalue weighted by atomic mass is 16.2. The first kappa shape index (κ1) is 14.1. The normalized spacial score (nSPS) is 17.4. The number of nitrogens with zero attached hydrogens (tertiary/aromatic N) is 3. The summed E-state index contributed by atoms with van der Waals surface area (Å²) in [6.45, 7) is 2.31. The molecule has 1 aromatic heterocycles. The zero-order valence-corrected chi connectivity index (χ0v) is 12.0. The Balaban J connectivity index is 1.75. The van der Waals surface area contributed by atoms with Crippen LogP contribution in [0.2, 0.25) is 0 Å². The number of aromatic amines is 1. The topological polar surface area (TPSA) is 81.9 Å². The summed E-state index contributed by atoms with van der Waals surface area (Å²) < 4.78 is 1.43. The van der Waals surface area contributed by atoms with Gasteiger partial charge in [0.05, 0.1) is 0 Å². The number of aromatic nitrogens is 2. The highest BCUT2D eigenvalue weighted by Gasteiger charge is 2.23. The van der Waals surface area contributed by atoms with Gasteiger partial charge >= 0.3 is 5.69 Å². The van der Waals surface area contributed by atoms with Crippen LogP contribution >= 0.6 is 0 Å². The second-order valence-electron chi connectivity index (χ2n) is 5.50. The molecule has 112 valence electrons. The van der Waals surface area contributed by atoms with Crippen molar-refractivity contribution in [2.45, 2.75) is 13.0 Å². The summed E-state index contributed by atoms with van der Waals surface area (Å²) in [6.07, 6.45) is 2.33. The van der Waals surface area contributed by atoms with E-state index < -0.39 is 11.2 Å². The molecule has 1 aliphatic heterocycles. The molecule has 1 N–H and O–H groups in total. The molecule has 6 heteroatoms. The quantitative estimate of drug-likeness (QED) is 0.913. The Morgan fingerprint density at radius 2 is 2.05 bits per heavy atom. The molecule has 2 heterocycles. The van der Waals surface area contributed by atoms with Crippen LogP contribution in [-0.2, 0) is 6.54 Å². The first-order valence-electron chi connectivity index (χ1n) is 7.21. The van der Waals surface area contributed by atoms with Crippen molar-refractivity contribution in [3.63, 3.8) is 0 Å². The smallest absolute Gasteiger partial charge is 0.328 e. The van der Waals surface area contributed by atoms with E-state index in [4.69, 9.17) is 5.26 Å². The van der Waals surface area contributed by atoms with Crippen LogP contribution in [0.25, 0.3) is 0 Å². The molecule has 1 fully saturated rings. The highest BCUT2D eigenvalue weighted by Crippen LogP contribution is 2.24. The molecular weight excluding hydrogens is 280 g/mol. The highest BCUT2D eigenvalue weighted by molar-refractivity contribution is 5.46. The Kier molecular flexibility index (Phi) is 3.79. The molecule has 0 spiro atoms. The fourth-order valence-corrected chi connectivity index (χ4v) is 2.86. The van der Waals surface area contributed by atoms with Gasteiger partial charge in [-0.1, -0.05) is 18.2 Å². The Morgan fingerprint density at radius 3 is 2.77 bits per heavy atom. The van der Waals surface area contributed by atoms with Crippen molar-refractivity contribution in [2.24, 2.45) is 5.92 Å². The molecule has 6 nitrogen and oxygen atoms in total. The molecule has 0 bridgehead atoms. The molecule has 1 saturated heterocycles. The van der Waals surface area contributed by atoms with Crippen molar-refractivity contribution in [2.75, 3.05) is 18.0 Å². The number of benzene rings is 1. The predicted octanol–water partition coefficient (Wildman–Crippen LogP) is 0.935. The van der Waals surface area contributed by atoms with Crippen molar-refractivity contribution in [3.05, 3.63) is 62.9 Å². The number of nitrogens with one attached hydrogen (secondary N) is 1. The van der Waals surface area contributed by atoms with E-state index in [0.717, 1.165) is 19.5 Å². The summed E-state index contributed by atoms with van der Waals surface area (Å²) in [4.78, 5) is 27.7. The largest absolute Gasteiger partial charge is 0.371 e. The van der Waals surface area contributed by atoms with Crippen molar-refractivity contribution < 1.29 is 0 Å². The Labute approximate surface area is 127 Å². The van der Waals surface area contributed by atoms with Crippen LogP contribution in [0.1, 0.15) is 12.0 Å². The van der Waals surface area contributed by atoms with E-state index in [1.807, 2.05) is 24.3 Å². The standard InChI is InChI=1S/C16H16N4O2/c17-8-13-11-20(16(22)18-15(13)21)10-12-6-7-19(9-12)14-4-2-1-3-5-14/h1-5,11-12H,6-7,9-10H2,(H,18,21,22). The van der Waals surface area contributed by atoms with Crippen molar-refractivity contribution in [1.29, 1.82) is 5.26 Å². The number of hydrogen-bond acceptors (Lipinski definition) is 4. The second-order valence-corrected chi connectivity index (χ2v) is 5.50. The molecule has 1 aliphatic rings. The number of nitriles is 1. The number of anilines is 1. The third-order valence-corrected chi connectivity index (χ3v) is 3.99. The molecule has 3 rings (SSSR count). The average Bonchev–Trinajstić information content (AvgIpc) is 2.99. The van der Waals surface area contributed by atoms with E-state index in [0.29, 0.717) is 12.5 Å². The maximum absolute atomic E-state index is 11.8. The molecule has 1 unspecified atom stereocenters. The molecule has 22 heavy (non-hydrogen) atoms. The van der Waals surface area contributed by atoms with Gasteiger partial charge in [0.2, 0.25) is 0 Å². The summed E-state index contributed by atoms with van der Waals surface area (Å²) in [7, 11) is 0. The van der Waals surface area contributed by atoms with Gasteiger partial charge in [-0.25, -0.2) is 4.79 Å². The number of para-hydroxylation sites is 1. The summed E-state index contributed by atoms with van der Waals surface area (Å²) in [6, 6.07) is 12.0. The van der Waals surface area contributed by atoms with E-state index in [-0.39, 0.29) is 5.56 Å². The Bertz CT molecular complexity index is 817. The minimum absolute atomic E-state index is 0.0301. The van der Waals surface area contributed by atoms with Gasteiger partial charge in [0.1, 0.15) is 11.6 Å².